The van der Waals surface area contributed by atoms with Gasteiger partial charge in [-0.25, -0.2) is 10.2 Å². The van der Waals surface area contributed by atoms with Crippen molar-refractivity contribution < 1.29 is 23.8 Å². The molecule has 1 aliphatic heterocycles. The van der Waals surface area contributed by atoms with Crippen LogP contribution in [0, 0.1) is 11.3 Å². The second-order valence-electron chi connectivity index (χ2n) is 9.27. The van der Waals surface area contributed by atoms with Crippen molar-refractivity contribution in [1.29, 1.82) is 5.26 Å². The molecule has 3 N–H and O–H groups in total. The fourth-order valence-corrected chi connectivity index (χ4v) is 5.98. The quantitative estimate of drug-likeness (QED) is 0.100. The van der Waals surface area contributed by atoms with Gasteiger partial charge in [0.15, 0.2) is 11.7 Å². The maximum Gasteiger partial charge on any atom is 0.338 e. The van der Waals surface area contributed by atoms with Crippen LogP contribution in [0.5, 0.6) is 11.5 Å². The van der Waals surface area contributed by atoms with E-state index in [-0.39, 0.29) is 19.8 Å². The van der Waals surface area contributed by atoms with Crippen molar-refractivity contribution in [3.63, 3.8) is 0 Å². The topological polar surface area (TPSA) is 134 Å². The van der Waals surface area contributed by atoms with Crippen LogP contribution in [0.4, 0.5) is 0 Å². The summed E-state index contributed by atoms with van der Waals surface area (Å²) in [4.78, 5) is 25.5. The number of hydrazone groups is 1. The summed E-state index contributed by atoms with van der Waals surface area (Å²) in [5.74, 6) is -0.136. The standard InChI is InChI=1S/C31H27Br2N5O5S/c1-3-41-30(40)27-18(2)36-31(44)37-28(27)23-10-6-7-11-25(23)42-17-26(39)38-35-15-21-12-22(32)13-24(33)29(21)43-16-20-9-5-4-8-19(20)14-34/h4-13,15,28H,3,16-17H2,1-2H3,(H,38,39)(H2,36,37,44)/t28-/m1/s1. The number of halogens is 2. The van der Waals surface area contributed by atoms with Gasteiger partial charge in [-0.2, -0.15) is 10.4 Å². The van der Waals surface area contributed by atoms with Gasteiger partial charge in [-0.15, -0.1) is 0 Å². The number of rotatable bonds is 11. The van der Waals surface area contributed by atoms with E-state index in [1.54, 1.807) is 56.3 Å². The monoisotopic (exact) mass is 739 g/mol. The third kappa shape index (κ3) is 8.22. The highest BCUT2D eigenvalue weighted by Crippen LogP contribution is 2.34. The Balaban J connectivity index is 1.45. The number of hydrogen-bond acceptors (Lipinski definition) is 8. The molecule has 1 heterocycles. The third-order valence-corrected chi connectivity index (χ3v) is 7.56. The molecular weight excluding hydrogens is 714 g/mol. The van der Waals surface area contributed by atoms with E-state index in [2.05, 4.69) is 59.1 Å². The number of para-hydroxylation sites is 1. The average Bonchev–Trinajstić information content (AvgIpc) is 2.99. The first-order valence-corrected chi connectivity index (χ1v) is 15.3. The van der Waals surface area contributed by atoms with E-state index >= 15 is 0 Å². The van der Waals surface area contributed by atoms with Crippen LogP contribution < -0.4 is 25.5 Å². The summed E-state index contributed by atoms with van der Waals surface area (Å²) in [5, 5.41) is 19.9. The number of nitrogens with zero attached hydrogens (tertiary/aromatic N) is 2. The molecule has 226 valence electrons. The predicted octanol–water partition coefficient (Wildman–Crippen LogP) is 5.55. The van der Waals surface area contributed by atoms with Gasteiger partial charge < -0.3 is 24.8 Å². The van der Waals surface area contributed by atoms with Crippen molar-refractivity contribution in [3.8, 4) is 17.6 Å². The van der Waals surface area contributed by atoms with Crippen molar-refractivity contribution in [2.24, 2.45) is 5.10 Å². The lowest BCUT2D eigenvalue weighted by Crippen LogP contribution is -2.45. The third-order valence-electron chi connectivity index (χ3n) is 6.29. The summed E-state index contributed by atoms with van der Waals surface area (Å²) in [6, 6.07) is 19.3. The van der Waals surface area contributed by atoms with Crippen LogP contribution >= 0.6 is 44.1 Å². The molecule has 0 saturated heterocycles. The zero-order valence-corrected chi connectivity index (χ0v) is 27.6. The second-order valence-corrected chi connectivity index (χ2v) is 11.5. The number of ether oxygens (including phenoxy) is 3. The zero-order chi connectivity index (χ0) is 31.6. The average molecular weight is 741 g/mol. The summed E-state index contributed by atoms with van der Waals surface area (Å²) in [5.41, 5.74) is 5.83. The summed E-state index contributed by atoms with van der Waals surface area (Å²) >= 11 is 12.3. The molecule has 3 aromatic carbocycles. The van der Waals surface area contributed by atoms with Gasteiger partial charge in [-0.1, -0.05) is 52.3 Å². The molecule has 1 atom stereocenters. The highest BCUT2D eigenvalue weighted by molar-refractivity contribution is 9.11. The smallest absolute Gasteiger partial charge is 0.338 e. The summed E-state index contributed by atoms with van der Waals surface area (Å²) in [7, 11) is 0. The van der Waals surface area contributed by atoms with E-state index in [0.717, 1.165) is 10.0 Å². The number of nitrogens with one attached hydrogen (secondary N) is 3. The van der Waals surface area contributed by atoms with Crippen LogP contribution in [0.3, 0.4) is 0 Å². The lowest BCUT2D eigenvalue weighted by molar-refractivity contribution is -0.139. The molecular formula is C31H27Br2N5O5S. The van der Waals surface area contributed by atoms with Crippen molar-refractivity contribution in [2.45, 2.75) is 26.5 Å². The maximum absolute atomic E-state index is 12.8. The minimum absolute atomic E-state index is 0.160. The first-order chi connectivity index (χ1) is 21.2. The zero-order valence-electron chi connectivity index (χ0n) is 23.6. The van der Waals surface area contributed by atoms with Crippen LogP contribution in [-0.2, 0) is 20.9 Å². The number of benzene rings is 3. The number of carbonyl (C=O) groups excluding carboxylic acids is 2. The molecule has 10 nitrogen and oxygen atoms in total. The molecule has 1 amide bonds. The minimum atomic E-state index is -0.645. The first-order valence-electron chi connectivity index (χ1n) is 13.3. The molecule has 13 heteroatoms. The number of amides is 1. The maximum atomic E-state index is 12.8. The van der Waals surface area contributed by atoms with Gasteiger partial charge >= 0.3 is 5.97 Å². The van der Waals surface area contributed by atoms with Gasteiger partial charge in [-0.05, 0) is 66.3 Å². The van der Waals surface area contributed by atoms with Crippen LogP contribution in [0.15, 0.2) is 86.0 Å². The Morgan fingerprint density at radius 1 is 1.14 bits per heavy atom. The first kappa shape index (κ1) is 32.7. The van der Waals surface area contributed by atoms with E-state index in [0.29, 0.717) is 49.0 Å². The van der Waals surface area contributed by atoms with Crippen molar-refractivity contribution in [3.05, 3.63) is 103 Å². The van der Waals surface area contributed by atoms with Gasteiger partial charge in [0.05, 0.1) is 40.5 Å². The van der Waals surface area contributed by atoms with Gasteiger partial charge in [0.25, 0.3) is 5.91 Å². The minimum Gasteiger partial charge on any atom is -0.487 e. The lowest BCUT2D eigenvalue weighted by Gasteiger charge is -2.30. The molecule has 0 aromatic heterocycles. The Hall–Kier alpha value is -4.25. The number of carbonyl (C=O) groups is 2. The number of nitriles is 1. The van der Waals surface area contributed by atoms with Gasteiger partial charge in [0, 0.05) is 26.9 Å². The van der Waals surface area contributed by atoms with E-state index in [1.165, 1.54) is 6.21 Å². The fraction of sp³-hybridized carbons (Fsp3) is 0.194. The number of esters is 1. The summed E-state index contributed by atoms with van der Waals surface area (Å²) < 4.78 is 18.6. The van der Waals surface area contributed by atoms with Crippen LogP contribution in [0.1, 0.15) is 42.1 Å². The van der Waals surface area contributed by atoms with Crippen LogP contribution in [0.2, 0.25) is 0 Å². The predicted molar refractivity (Wildman–Crippen MR) is 176 cm³/mol. The molecule has 3 aromatic rings. The second kappa shape index (κ2) is 15.5. The molecule has 0 bridgehead atoms. The molecule has 4 rings (SSSR count). The Bertz CT molecular complexity index is 1690. The van der Waals surface area contributed by atoms with Gasteiger partial charge in [0.1, 0.15) is 18.1 Å². The molecule has 0 spiro atoms. The Kier molecular flexibility index (Phi) is 11.5. The van der Waals surface area contributed by atoms with Crippen LogP contribution in [-0.4, -0.2) is 36.4 Å². The number of thiocarbonyl (C=S) groups is 1. The molecule has 0 fully saturated rings. The Morgan fingerprint density at radius 3 is 2.66 bits per heavy atom. The molecule has 0 aliphatic carbocycles. The number of allylic oxidation sites excluding steroid dienone is 1. The highest BCUT2D eigenvalue weighted by Gasteiger charge is 2.32. The Morgan fingerprint density at radius 2 is 1.89 bits per heavy atom. The normalized spacial score (nSPS) is 14.3. The van der Waals surface area contributed by atoms with E-state index < -0.39 is 17.9 Å². The van der Waals surface area contributed by atoms with Gasteiger partial charge in [0.2, 0.25) is 0 Å². The van der Waals surface area contributed by atoms with Gasteiger partial charge in [-0.3, -0.25) is 4.79 Å². The van der Waals surface area contributed by atoms with Crippen molar-refractivity contribution in [2.75, 3.05) is 13.2 Å². The highest BCUT2D eigenvalue weighted by atomic mass is 79.9. The lowest BCUT2D eigenvalue weighted by atomic mass is 9.95. The SMILES string of the molecule is CCOC(=O)C1=C(C)NC(=S)N[C@@H]1c1ccccc1OCC(=O)NN=Cc1cc(Br)cc(Br)c1OCc1ccccc1C#N. The van der Waals surface area contributed by atoms with Crippen molar-refractivity contribution >= 4 is 67.3 Å². The Labute approximate surface area is 276 Å². The number of hydrogen-bond donors (Lipinski definition) is 3. The van der Waals surface area contributed by atoms with E-state index in [9.17, 15) is 14.9 Å². The summed E-state index contributed by atoms with van der Waals surface area (Å²) in [6.45, 7) is 3.50. The molecule has 0 saturated carbocycles. The van der Waals surface area contributed by atoms with Crippen LogP contribution in [0.25, 0.3) is 0 Å². The fourth-order valence-electron chi connectivity index (χ4n) is 4.34. The van der Waals surface area contributed by atoms with Crippen molar-refractivity contribution in [1.82, 2.24) is 16.1 Å². The largest absolute Gasteiger partial charge is 0.487 e. The summed E-state index contributed by atoms with van der Waals surface area (Å²) in [6.07, 6.45) is 1.45. The van der Waals surface area contributed by atoms with E-state index in [1.807, 2.05) is 18.2 Å². The molecule has 44 heavy (non-hydrogen) atoms. The molecule has 1 aliphatic rings. The molecule has 0 unspecified atom stereocenters. The van der Waals surface area contributed by atoms with E-state index in [4.69, 9.17) is 26.4 Å². The molecule has 0 radical (unpaired) electrons.